The average molecular weight is 220 g/mol. The van der Waals surface area contributed by atoms with Crippen molar-refractivity contribution in [2.24, 2.45) is 5.73 Å². The van der Waals surface area contributed by atoms with Gasteiger partial charge in [-0.2, -0.15) is 0 Å². The highest BCUT2D eigenvalue weighted by Crippen LogP contribution is 2.26. The molecule has 0 aliphatic carbocycles. The normalized spacial score (nSPS) is 19.8. The monoisotopic (exact) mass is 220 g/mol. The SMILES string of the molecule is NC1(CCO)CCN(c2ccccc2)CC1. The lowest BCUT2D eigenvalue weighted by atomic mass is 9.85. The third-order valence-electron chi connectivity index (χ3n) is 3.49. The molecule has 0 unspecified atom stereocenters. The summed E-state index contributed by atoms with van der Waals surface area (Å²) >= 11 is 0. The van der Waals surface area contributed by atoms with E-state index in [2.05, 4.69) is 29.2 Å². The molecule has 0 spiro atoms. The minimum atomic E-state index is -0.153. The molecule has 1 aliphatic rings. The van der Waals surface area contributed by atoms with Crippen LogP contribution in [0.25, 0.3) is 0 Å². The van der Waals surface area contributed by atoms with Gasteiger partial charge in [-0.1, -0.05) is 18.2 Å². The fourth-order valence-electron chi connectivity index (χ4n) is 2.32. The molecule has 0 radical (unpaired) electrons. The van der Waals surface area contributed by atoms with Crippen molar-refractivity contribution in [3.8, 4) is 0 Å². The Bertz CT molecular complexity index is 318. The van der Waals surface area contributed by atoms with Gasteiger partial charge >= 0.3 is 0 Å². The van der Waals surface area contributed by atoms with Crippen LogP contribution in [0.1, 0.15) is 19.3 Å². The van der Waals surface area contributed by atoms with Gasteiger partial charge in [0.05, 0.1) is 0 Å². The van der Waals surface area contributed by atoms with E-state index in [-0.39, 0.29) is 12.1 Å². The zero-order valence-corrected chi connectivity index (χ0v) is 9.60. The van der Waals surface area contributed by atoms with Gasteiger partial charge in [-0.05, 0) is 31.4 Å². The molecule has 2 rings (SSSR count). The molecular formula is C13H20N2O. The standard InChI is InChI=1S/C13H20N2O/c14-13(8-11-16)6-9-15(10-7-13)12-4-2-1-3-5-12/h1-5,16H,6-11,14H2. The van der Waals surface area contributed by atoms with E-state index in [4.69, 9.17) is 10.8 Å². The van der Waals surface area contributed by atoms with Gasteiger partial charge < -0.3 is 15.7 Å². The van der Waals surface area contributed by atoms with Crippen LogP contribution < -0.4 is 10.6 Å². The van der Waals surface area contributed by atoms with Crippen LogP contribution in [-0.4, -0.2) is 30.3 Å². The van der Waals surface area contributed by atoms with E-state index in [1.807, 2.05) is 6.07 Å². The van der Waals surface area contributed by atoms with Crippen molar-refractivity contribution < 1.29 is 5.11 Å². The van der Waals surface area contributed by atoms with Crippen molar-refractivity contribution in [1.82, 2.24) is 0 Å². The lowest BCUT2D eigenvalue weighted by Crippen LogP contribution is -2.51. The van der Waals surface area contributed by atoms with E-state index in [0.717, 1.165) is 32.4 Å². The van der Waals surface area contributed by atoms with E-state index in [0.29, 0.717) is 0 Å². The van der Waals surface area contributed by atoms with Gasteiger partial charge in [0, 0.05) is 30.9 Å². The Morgan fingerprint density at radius 2 is 1.81 bits per heavy atom. The number of anilines is 1. The summed E-state index contributed by atoms with van der Waals surface area (Å²) in [4.78, 5) is 2.36. The van der Waals surface area contributed by atoms with E-state index in [9.17, 15) is 0 Å². The summed E-state index contributed by atoms with van der Waals surface area (Å²) in [6.45, 7) is 2.17. The number of hydrogen-bond donors (Lipinski definition) is 2. The highest BCUT2D eigenvalue weighted by Gasteiger charge is 2.29. The molecule has 1 heterocycles. The van der Waals surface area contributed by atoms with E-state index in [1.165, 1.54) is 5.69 Å². The predicted octanol–water partition coefficient (Wildman–Crippen LogP) is 1.37. The first kappa shape index (κ1) is 11.4. The highest BCUT2D eigenvalue weighted by atomic mass is 16.3. The molecular weight excluding hydrogens is 200 g/mol. The zero-order valence-electron chi connectivity index (χ0n) is 9.60. The third-order valence-corrected chi connectivity index (χ3v) is 3.49. The Morgan fingerprint density at radius 1 is 1.19 bits per heavy atom. The molecule has 0 bridgehead atoms. The van der Waals surface area contributed by atoms with Crippen LogP contribution in [0.3, 0.4) is 0 Å². The molecule has 1 aliphatic heterocycles. The molecule has 1 saturated heterocycles. The number of piperidine rings is 1. The molecule has 0 aromatic heterocycles. The molecule has 1 aromatic rings. The maximum atomic E-state index is 8.97. The molecule has 1 fully saturated rings. The Labute approximate surface area is 96.9 Å². The van der Waals surface area contributed by atoms with Gasteiger partial charge in [-0.15, -0.1) is 0 Å². The average Bonchev–Trinajstić information content (AvgIpc) is 2.31. The first-order valence-electron chi connectivity index (χ1n) is 5.93. The van der Waals surface area contributed by atoms with Crippen LogP contribution in [0.15, 0.2) is 30.3 Å². The van der Waals surface area contributed by atoms with Crippen LogP contribution in [0.4, 0.5) is 5.69 Å². The number of rotatable bonds is 3. The molecule has 3 heteroatoms. The molecule has 0 atom stereocenters. The first-order chi connectivity index (χ1) is 7.73. The largest absolute Gasteiger partial charge is 0.396 e. The summed E-state index contributed by atoms with van der Waals surface area (Å²) in [5.74, 6) is 0. The lowest BCUT2D eigenvalue weighted by Gasteiger charge is -2.40. The summed E-state index contributed by atoms with van der Waals surface area (Å²) in [6.07, 6.45) is 2.64. The van der Waals surface area contributed by atoms with Crippen LogP contribution in [-0.2, 0) is 0 Å². The minimum Gasteiger partial charge on any atom is -0.396 e. The maximum absolute atomic E-state index is 8.97. The number of nitrogens with zero attached hydrogens (tertiary/aromatic N) is 1. The van der Waals surface area contributed by atoms with Crippen molar-refractivity contribution >= 4 is 5.69 Å². The lowest BCUT2D eigenvalue weighted by molar-refractivity contribution is 0.215. The van der Waals surface area contributed by atoms with Gasteiger partial charge in [0.15, 0.2) is 0 Å². The molecule has 0 saturated carbocycles. The smallest absolute Gasteiger partial charge is 0.0448 e. The summed E-state index contributed by atoms with van der Waals surface area (Å²) in [5.41, 5.74) is 7.34. The predicted molar refractivity (Wildman–Crippen MR) is 66.5 cm³/mol. The van der Waals surface area contributed by atoms with Crippen LogP contribution in [0, 0.1) is 0 Å². The quantitative estimate of drug-likeness (QED) is 0.809. The molecule has 3 nitrogen and oxygen atoms in total. The van der Waals surface area contributed by atoms with E-state index < -0.39 is 0 Å². The number of aliphatic hydroxyl groups is 1. The number of benzene rings is 1. The number of nitrogens with two attached hydrogens (primary N) is 1. The van der Waals surface area contributed by atoms with E-state index in [1.54, 1.807) is 0 Å². The number of para-hydroxylation sites is 1. The Balaban J connectivity index is 1.95. The number of aliphatic hydroxyl groups excluding tert-OH is 1. The van der Waals surface area contributed by atoms with Crippen LogP contribution in [0.2, 0.25) is 0 Å². The second kappa shape index (κ2) is 4.85. The zero-order chi connectivity index (χ0) is 11.4. The summed E-state index contributed by atoms with van der Waals surface area (Å²) in [7, 11) is 0. The summed E-state index contributed by atoms with van der Waals surface area (Å²) in [6, 6.07) is 10.4. The second-order valence-corrected chi connectivity index (χ2v) is 4.66. The van der Waals surface area contributed by atoms with Crippen molar-refractivity contribution in [2.45, 2.75) is 24.8 Å². The fraction of sp³-hybridized carbons (Fsp3) is 0.538. The van der Waals surface area contributed by atoms with Crippen LogP contribution in [0.5, 0.6) is 0 Å². The van der Waals surface area contributed by atoms with Gasteiger partial charge in [-0.3, -0.25) is 0 Å². The van der Waals surface area contributed by atoms with Gasteiger partial charge in [0.25, 0.3) is 0 Å². The Hall–Kier alpha value is -1.06. The van der Waals surface area contributed by atoms with Gasteiger partial charge in [0.1, 0.15) is 0 Å². The Kier molecular flexibility index (Phi) is 3.46. The molecule has 88 valence electrons. The van der Waals surface area contributed by atoms with Gasteiger partial charge in [0.2, 0.25) is 0 Å². The fourth-order valence-corrected chi connectivity index (χ4v) is 2.32. The topological polar surface area (TPSA) is 49.5 Å². The van der Waals surface area contributed by atoms with Crippen molar-refractivity contribution in [3.63, 3.8) is 0 Å². The molecule has 0 amide bonds. The van der Waals surface area contributed by atoms with Crippen molar-refractivity contribution in [1.29, 1.82) is 0 Å². The summed E-state index contributed by atoms with van der Waals surface area (Å²) < 4.78 is 0. The first-order valence-corrected chi connectivity index (χ1v) is 5.93. The van der Waals surface area contributed by atoms with Crippen LogP contribution >= 0.6 is 0 Å². The summed E-state index contributed by atoms with van der Waals surface area (Å²) in [5, 5.41) is 8.97. The highest BCUT2D eigenvalue weighted by molar-refractivity contribution is 5.46. The third kappa shape index (κ3) is 2.54. The Morgan fingerprint density at radius 3 is 2.38 bits per heavy atom. The molecule has 1 aromatic carbocycles. The minimum absolute atomic E-state index is 0.153. The van der Waals surface area contributed by atoms with E-state index >= 15 is 0 Å². The van der Waals surface area contributed by atoms with Gasteiger partial charge in [-0.25, -0.2) is 0 Å². The maximum Gasteiger partial charge on any atom is 0.0448 e. The number of hydrogen-bond acceptors (Lipinski definition) is 3. The molecule has 16 heavy (non-hydrogen) atoms. The van der Waals surface area contributed by atoms with Crippen molar-refractivity contribution in [3.05, 3.63) is 30.3 Å². The van der Waals surface area contributed by atoms with Crippen molar-refractivity contribution in [2.75, 3.05) is 24.6 Å². The second-order valence-electron chi connectivity index (χ2n) is 4.66. The molecule has 3 N–H and O–H groups in total.